The molecule has 4 rings (SSSR count). The minimum atomic E-state index is -0.443. The normalized spacial score (nSPS) is 10.9. The number of hydrogen-bond donors (Lipinski definition) is 1. The van der Waals surface area contributed by atoms with Crippen molar-refractivity contribution in [2.75, 3.05) is 4.90 Å². The van der Waals surface area contributed by atoms with Crippen molar-refractivity contribution in [1.29, 1.82) is 0 Å². The minimum Gasteiger partial charge on any atom is -0.306 e. The number of imidazole rings is 1. The summed E-state index contributed by atoms with van der Waals surface area (Å²) < 4.78 is 14.8. The molecule has 0 fully saturated rings. The molecule has 0 bridgehead atoms. The van der Waals surface area contributed by atoms with Gasteiger partial charge in [-0.15, -0.1) is 0 Å². The third-order valence-corrected chi connectivity index (χ3v) is 4.58. The highest BCUT2D eigenvalue weighted by Crippen LogP contribution is 2.19. The van der Waals surface area contributed by atoms with Crippen LogP contribution in [0.15, 0.2) is 83.7 Å². The Bertz CT molecular complexity index is 1170. The molecule has 0 aliphatic rings. The lowest BCUT2D eigenvalue weighted by Crippen LogP contribution is -2.35. The van der Waals surface area contributed by atoms with Crippen molar-refractivity contribution in [1.82, 2.24) is 9.55 Å². The average molecular weight is 375 g/mol. The number of carbonyl (C=O) groups is 1. The molecule has 3 aromatic carbocycles. The molecule has 4 aromatic rings. The zero-order valence-electron chi connectivity index (χ0n) is 15.0. The highest BCUT2D eigenvalue weighted by atomic mass is 19.1. The molecule has 1 heterocycles. The van der Waals surface area contributed by atoms with Gasteiger partial charge in [0, 0.05) is 5.69 Å². The van der Waals surface area contributed by atoms with Crippen LogP contribution in [0.2, 0.25) is 0 Å². The van der Waals surface area contributed by atoms with Gasteiger partial charge >= 0.3 is 5.69 Å². The van der Waals surface area contributed by atoms with Crippen molar-refractivity contribution in [2.24, 2.45) is 0 Å². The maximum Gasteiger partial charge on any atom is 0.326 e. The van der Waals surface area contributed by atoms with Gasteiger partial charge < -0.3 is 9.88 Å². The first-order chi connectivity index (χ1) is 13.6. The number of aromatic amines is 1. The largest absolute Gasteiger partial charge is 0.326 e. The smallest absolute Gasteiger partial charge is 0.306 e. The Hall–Kier alpha value is -3.67. The highest BCUT2D eigenvalue weighted by molar-refractivity contribution is 5.94. The van der Waals surface area contributed by atoms with Crippen LogP contribution in [0.1, 0.15) is 5.56 Å². The summed E-state index contributed by atoms with van der Waals surface area (Å²) in [5, 5.41) is 0. The van der Waals surface area contributed by atoms with Crippen molar-refractivity contribution in [3.63, 3.8) is 0 Å². The number of aromatic nitrogens is 2. The fourth-order valence-electron chi connectivity index (χ4n) is 3.21. The molecular weight excluding hydrogens is 357 g/mol. The van der Waals surface area contributed by atoms with Crippen LogP contribution in [0.25, 0.3) is 11.0 Å². The predicted octanol–water partition coefficient (Wildman–Crippen LogP) is 3.70. The monoisotopic (exact) mass is 375 g/mol. The summed E-state index contributed by atoms with van der Waals surface area (Å²) in [6.07, 6.45) is 0. The van der Waals surface area contributed by atoms with E-state index >= 15 is 0 Å². The van der Waals surface area contributed by atoms with Crippen molar-refractivity contribution in [3.8, 4) is 0 Å². The number of amides is 1. The number of carbonyl (C=O) groups excluding carboxylic acids is 1. The van der Waals surface area contributed by atoms with Crippen LogP contribution in [-0.4, -0.2) is 15.5 Å². The topological polar surface area (TPSA) is 58.1 Å². The lowest BCUT2D eigenvalue weighted by Gasteiger charge is -2.23. The highest BCUT2D eigenvalue weighted by Gasteiger charge is 2.19. The molecular formula is C22H18FN3O2. The van der Waals surface area contributed by atoms with Gasteiger partial charge in [-0.3, -0.25) is 9.36 Å². The summed E-state index contributed by atoms with van der Waals surface area (Å²) in [5.74, 6) is -0.676. The van der Waals surface area contributed by atoms with Crippen LogP contribution in [0.4, 0.5) is 10.1 Å². The van der Waals surface area contributed by atoms with Gasteiger partial charge in [0.05, 0.1) is 17.6 Å². The molecule has 140 valence electrons. The summed E-state index contributed by atoms with van der Waals surface area (Å²) in [6, 6.07) is 23.0. The second kappa shape index (κ2) is 7.52. The number of H-pyrrole nitrogens is 1. The second-order valence-corrected chi connectivity index (χ2v) is 6.48. The van der Waals surface area contributed by atoms with E-state index in [2.05, 4.69) is 4.98 Å². The third-order valence-electron chi connectivity index (χ3n) is 4.58. The number of rotatable bonds is 5. The van der Waals surface area contributed by atoms with E-state index in [0.717, 1.165) is 11.3 Å². The summed E-state index contributed by atoms with van der Waals surface area (Å²) in [7, 11) is 0. The molecule has 5 nitrogen and oxygen atoms in total. The van der Waals surface area contributed by atoms with E-state index in [1.54, 1.807) is 4.90 Å². The van der Waals surface area contributed by atoms with Crippen molar-refractivity contribution in [2.45, 2.75) is 13.1 Å². The number of nitrogens with one attached hydrogen (secondary N) is 1. The fourth-order valence-corrected chi connectivity index (χ4v) is 3.21. The van der Waals surface area contributed by atoms with E-state index in [1.807, 2.05) is 60.7 Å². The molecule has 0 atom stereocenters. The lowest BCUT2D eigenvalue weighted by atomic mass is 10.2. The van der Waals surface area contributed by atoms with Crippen LogP contribution < -0.4 is 10.6 Å². The van der Waals surface area contributed by atoms with Gasteiger partial charge in [0.25, 0.3) is 0 Å². The Morgan fingerprint density at radius 2 is 1.64 bits per heavy atom. The van der Waals surface area contributed by atoms with Crippen LogP contribution in [0.3, 0.4) is 0 Å². The van der Waals surface area contributed by atoms with Gasteiger partial charge in [0.1, 0.15) is 12.4 Å². The molecule has 1 aromatic heterocycles. The van der Waals surface area contributed by atoms with E-state index < -0.39 is 11.5 Å². The third kappa shape index (κ3) is 3.57. The van der Waals surface area contributed by atoms with Gasteiger partial charge in [-0.2, -0.15) is 0 Å². The lowest BCUT2D eigenvalue weighted by molar-refractivity contribution is -0.119. The molecule has 0 saturated carbocycles. The summed E-state index contributed by atoms with van der Waals surface area (Å²) in [5.41, 5.74) is 2.14. The first kappa shape index (κ1) is 17.7. The first-order valence-corrected chi connectivity index (χ1v) is 8.89. The van der Waals surface area contributed by atoms with E-state index in [9.17, 15) is 14.0 Å². The quantitative estimate of drug-likeness (QED) is 0.578. The number of fused-ring (bicyclic) bond motifs is 1. The molecule has 0 aliphatic carbocycles. The van der Waals surface area contributed by atoms with E-state index in [1.165, 1.54) is 22.8 Å². The van der Waals surface area contributed by atoms with E-state index in [4.69, 9.17) is 0 Å². The van der Waals surface area contributed by atoms with Crippen molar-refractivity contribution < 1.29 is 9.18 Å². The second-order valence-electron chi connectivity index (χ2n) is 6.48. The SMILES string of the molecule is O=C(Cn1c(=O)[nH]c2cc(F)ccc21)N(Cc1ccccc1)c1ccccc1. The molecule has 0 radical (unpaired) electrons. The number of anilines is 1. The van der Waals surface area contributed by atoms with Crippen LogP contribution >= 0.6 is 0 Å². The minimum absolute atomic E-state index is 0.147. The predicted molar refractivity (Wildman–Crippen MR) is 107 cm³/mol. The van der Waals surface area contributed by atoms with Gasteiger partial charge in [-0.1, -0.05) is 48.5 Å². The molecule has 0 unspecified atom stereocenters. The van der Waals surface area contributed by atoms with Crippen molar-refractivity contribution in [3.05, 3.63) is 101 Å². The molecule has 0 aliphatic heterocycles. The van der Waals surface area contributed by atoms with Crippen molar-refractivity contribution >= 4 is 22.6 Å². The van der Waals surface area contributed by atoms with E-state index in [0.29, 0.717) is 17.6 Å². The molecule has 0 spiro atoms. The maximum absolute atomic E-state index is 13.4. The number of para-hydroxylation sites is 1. The Kier molecular flexibility index (Phi) is 4.76. The summed E-state index contributed by atoms with van der Waals surface area (Å²) in [6.45, 7) is 0.238. The molecule has 6 heteroatoms. The number of halogens is 1. The Morgan fingerprint density at radius 1 is 0.964 bits per heavy atom. The molecule has 1 N–H and O–H groups in total. The maximum atomic E-state index is 13.4. The van der Waals surface area contributed by atoms with Crippen LogP contribution in [-0.2, 0) is 17.9 Å². The summed E-state index contributed by atoms with van der Waals surface area (Å²) >= 11 is 0. The van der Waals surface area contributed by atoms with Crippen LogP contribution in [0.5, 0.6) is 0 Å². The molecule has 0 saturated heterocycles. The van der Waals surface area contributed by atoms with Gasteiger partial charge in [0.2, 0.25) is 5.91 Å². The Labute approximate surface area is 160 Å². The fraction of sp³-hybridized carbons (Fsp3) is 0.0909. The Morgan fingerprint density at radius 3 is 2.36 bits per heavy atom. The number of nitrogens with zero attached hydrogens (tertiary/aromatic N) is 2. The van der Waals surface area contributed by atoms with E-state index in [-0.39, 0.29) is 12.5 Å². The average Bonchev–Trinajstić information content (AvgIpc) is 3.01. The number of benzene rings is 3. The summed E-state index contributed by atoms with van der Waals surface area (Å²) in [4.78, 5) is 29.7. The molecule has 28 heavy (non-hydrogen) atoms. The molecule has 1 amide bonds. The zero-order valence-corrected chi connectivity index (χ0v) is 15.0. The Balaban J connectivity index is 1.68. The van der Waals surface area contributed by atoms with Gasteiger partial charge in [-0.05, 0) is 35.9 Å². The van der Waals surface area contributed by atoms with Crippen LogP contribution in [0, 0.1) is 5.82 Å². The zero-order chi connectivity index (χ0) is 19.5. The first-order valence-electron chi connectivity index (χ1n) is 8.89. The van der Waals surface area contributed by atoms with Gasteiger partial charge in [0.15, 0.2) is 0 Å². The van der Waals surface area contributed by atoms with Gasteiger partial charge in [-0.25, -0.2) is 9.18 Å². The standard InChI is InChI=1S/C22H18FN3O2/c23-17-11-12-20-19(13-17)24-22(28)26(20)15-21(27)25(18-9-5-2-6-10-18)14-16-7-3-1-4-8-16/h1-13H,14-15H2,(H,24,28). The number of hydrogen-bond acceptors (Lipinski definition) is 2.